The molecule has 1 atom stereocenters. The van der Waals surface area contributed by atoms with Gasteiger partial charge in [0.25, 0.3) is 5.91 Å². The van der Waals surface area contributed by atoms with Crippen LogP contribution in [0.2, 0.25) is 0 Å². The van der Waals surface area contributed by atoms with Gasteiger partial charge >= 0.3 is 0 Å². The zero-order valence-electron chi connectivity index (χ0n) is 22.9. The summed E-state index contributed by atoms with van der Waals surface area (Å²) in [6.07, 6.45) is 0.697. The Morgan fingerprint density at radius 2 is 1.80 bits per heavy atom. The van der Waals surface area contributed by atoms with Crippen LogP contribution in [0.3, 0.4) is 0 Å². The highest BCUT2D eigenvalue weighted by molar-refractivity contribution is 5.91. The molecule has 3 aromatic carbocycles. The normalized spacial score (nSPS) is 14.9. The molecule has 6 nitrogen and oxygen atoms in total. The fourth-order valence-corrected chi connectivity index (χ4v) is 4.97. The molecule has 0 aliphatic carbocycles. The number of nitrogens with zero attached hydrogens (tertiary/aromatic N) is 1. The van der Waals surface area contributed by atoms with Gasteiger partial charge in [0, 0.05) is 18.5 Å². The minimum atomic E-state index is -0.582. The van der Waals surface area contributed by atoms with Crippen LogP contribution >= 0.6 is 0 Å². The second-order valence-corrected chi connectivity index (χ2v) is 11.0. The third kappa shape index (κ3) is 6.09. The van der Waals surface area contributed by atoms with Crippen LogP contribution in [0.25, 0.3) is 0 Å². The average Bonchev–Trinajstić information content (AvgIpc) is 3.43. The van der Waals surface area contributed by atoms with Gasteiger partial charge in [0.2, 0.25) is 5.91 Å². The molecule has 40 heavy (non-hydrogen) atoms. The summed E-state index contributed by atoms with van der Waals surface area (Å²) in [6.45, 7) is 6.76. The summed E-state index contributed by atoms with van der Waals surface area (Å²) >= 11 is 0. The molecule has 1 aliphatic heterocycles. The Kier molecular flexibility index (Phi) is 7.74. The third-order valence-corrected chi connectivity index (χ3v) is 6.97. The number of furan rings is 1. The Labute approximate surface area is 233 Å². The molecule has 1 aromatic heterocycles. The second kappa shape index (κ2) is 11.4. The zero-order valence-corrected chi connectivity index (χ0v) is 22.9. The molecule has 5 rings (SSSR count). The van der Waals surface area contributed by atoms with Crippen molar-refractivity contribution in [3.63, 3.8) is 0 Å². The summed E-state index contributed by atoms with van der Waals surface area (Å²) in [5, 5.41) is 2.85. The molecule has 0 saturated heterocycles. The first-order valence-electron chi connectivity index (χ1n) is 13.4. The molecule has 206 valence electrons. The van der Waals surface area contributed by atoms with Gasteiger partial charge in [0.15, 0.2) is 5.76 Å². The van der Waals surface area contributed by atoms with Crippen LogP contribution in [0.1, 0.15) is 65.4 Å². The van der Waals surface area contributed by atoms with Crippen molar-refractivity contribution in [2.45, 2.75) is 46.4 Å². The lowest BCUT2D eigenvalue weighted by Crippen LogP contribution is -2.45. The van der Waals surface area contributed by atoms with Crippen LogP contribution in [-0.2, 0) is 24.4 Å². The Morgan fingerprint density at radius 3 is 2.55 bits per heavy atom. The number of nitrogens with one attached hydrogen (secondary N) is 1. The Morgan fingerprint density at radius 1 is 1.00 bits per heavy atom. The average molecular weight is 541 g/mol. The van der Waals surface area contributed by atoms with Crippen molar-refractivity contribution in [1.29, 1.82) is 0 Å². The van der Waals surface area contributed by atoms with E-state index in [0.717, 1.165) is 16.7 Å². The summed E-state index contributed by atoms with van der Waals surface area (Å²) < 4.78 is 26.0. The molecular formula is C33H33FN2O4. The maximum absolute atomic E-state index is 14.3. The van der Waals surface area contributed by atoms with Gasteiger partial charge in [-0.25, -0.2) is 4.39 Å². The molecule has 0 spiro atoms. The van der Waals surface area contributed by atoms with Gasteiger partial charge in [-0.1, -0.05) is 69.3 Å². The molecule has 0 bridgehead atoms. The molecule has 1 aliphatic rings. The number of benzene rings is 3. The number of halogens is 1. The molecule has 0 fully saturated rings. The van der Waals surface area contributed by atoms with E-state index in [1.54, 1.807) is 18.2 Å². The number of hydrogen-bond donors (Lipinski definition) is 1. The molecule has 2 amide bonds. The van der Waals surface area contributed by atoms with Crippen LogP contribution in [0.5, 0.6) is 5.75 Å². The smallest absolute Gasteiger partial charge is 0.287 e. The Bertz CT molecular complexity index is 1510. The van der Waals surface area contributed by atoms with Crippen LogP contribution in [0, 0.1) is 11.2 Å². The van der Waals surface area contributed by atoms with E-state index in [-0.39, 0.29) is 30.0 Å². The quantitative estimate of drug-likeness (QED) is 0.293. The fraction of sp³-hybridized carbons (Fsp3) is 0.273. The summed E-state index contributed by atoms with van der Waals surface area (Å²) in [5.74, 6) is 0.674. The molecule has 0 radical (unpaired) electrons. The van der Waals surface area contributed by atoms with Crippen molar-refractivity contribution in [3.8, 4) is 5.75 Å². The van der Waals surface area contributed by atoms with E-state index < -0.39 is 11.5 Å². The van der Waals surface area contributed by atoms with Crippen molar-refractivity contribution in [2.24, 2.45) is 5.41 Å². The van der Waals surface area contributed by atoms with Gasteiger partial charge < -0.3 is 19.4 Å². The first kappa shape index (κ1) is 27.2. The van der Waals surface area contributed by atoms with Crippen LogP contribution in [0.15, 0.2) is 89.3 Å². The van der Waals surface area contributed by atoms with E-state index in [9.17, 15) is 14.0 Å². The molecular weight excluding hydrogens is 507 g/mol. The first-order valence-corrected chi connectivity index (χ1v) is 13.4. The van der Waals surface area contributed by atoms with E-state index in [2.05, 4.69) is 5.32 Å². The van der Waals surface area contributed by atoms with Gasteiger partial charge in [-0.3, -0.25) is 9.59 Å². The van der Waals surface area contributed by atoms with Gasteiger partial charge in [-0.05, 0) is 65.1 Å². The molecule has 7 heteroatoms. The minimum Gasteiger partial charge on any atom is -0.486 e. The van der Waals surface area contributed by atoms with Gasteiger partial charge in [-0.15, -0.1) is 0 Å². The van der Waals surface area contributed by atoms with Crippen molar-refractivity contribution < 1.29 is 23.1 Å². The van der Waals surface area contributed by atoms with E-state index in [4.69, 9.17) is 9.15 Å². The van der Waals surface area contributed by atoms with E-state index in [1.165, 1.54) is 12.1 Å². The second-order valence-electron chi connectivity index (χ2n) is 11.0. The molecule has 2 heterocycles. The number of carbonyl (C=O) groups excluding carboxylic acids is 2. The standard InChI is InChI=1S/C33H33FN2O4/c1-33(2,3)32(38)36-17-16-23-12-13-26(19-28(23)30(36)24-10-7-11-25(34)18-24)39-21-27-14-15-29(40-27)31(37)35-20-22-8-5-4-6-9-22/h4-15,18-19,30H,16-17,20-21H2,1-3H3,(H,35,37). The lowest BCUT2D eigenvalue weighted by atomic mass is 9.85. The summed E-state index contributed by atoms with van der Waals surface area (Å²) in [7, 11) is 0. The van der Waals surface area contributed by atoms with Gasteiger partial charge in [-0.2, -0.15) is 0 Å². The fourth-order valence-electron chi connectivity index (χ4n) is 4.97. The van der Waals surface area contributed by atoms with Crippen LogP contribution in [-0.4, -0.2) is 23.3 Å². The number of ether oxygens (including phenoxy) is 1. The van der Waals surface area contributed by atoms with Crippen molar-refractivity contribution in [3.05, 3.63) is 125 Å². The molecule has 1 unspecified atom stereocenters. The molecule has 0 saturated carbocycles. The number of rotatable bonds is 7. The topological polar surface area (TPSA) is 71.8 Å². The number of hydrogen-bond acceptors (Lipinski definition) is 4. The number of carbonyl (C=O) groups is 2. The predicted octanol–water partition coefficient (Wildman–Crippen LogP) is 6.45. The van der Waals surface area contributed by atoms with Crippen LogP contribution in [0.4, 0.5) is 4.39 Å². The largest absolute Gasteiger partial charge is 0.486 e. The number of fused-ring (bicyclic) bond motifs is 1. The monoisotopic (exact) mass is 540 g/mol. The lowest BCUT2D eigenvalue weighted by molar-refractivity contribution is -0.141. The summed E-state index contributed by atoms with van der Waals surface area (Å²) in [6, 6.07) is 24.8. The first-order chi connectivity index (χ1) is 19.2. The number of amides is 2. The van der Waals surface area contributed by atoms with E-state index >= 15 is 0 Å². The minimum absolute atomic E-state index is 0.00684. The SMILES string of the molecule is CC(C)(C)C(=O)N1CCc2ccc(OCc3ccc(C(=O)NCc4ccccc4)o3)cc2C1c1cccc(F)c1. The maximum Gasteiger partial charge on any atom is 0.287 e. The van der Waals surface area contributed by atoms with Crippen LogP contribution < -0.4 is 10.1 Å². The summed E-state index contributed by atoms with van der Waals surface area (Å²) in [4.78, 5) is 27.8. The highest BCUT2D eigenvalue weighted by Gasteiger charge is 2.37. The van der Waals surface area contributed by atoms with Crippen molar-refractivity contribution >= 4 is 11.8 Å². The zero-order chi connectivity index (χ0) is 28.3. The highest BCUT2D eigenvalue weighted by Crippen LogP contribution is 2.39. The van der Waals surface area contributed by atoms with Gasteiger partial charge in [0.05, 0.1) is 6.04 Å². The predicted molar refractivity (Wildman–Crippen MR) is 150 cm³/mol. The third-order valence-electron chi connectivity index (χ3n) is 6.97. The van der Waals surface area contributed by atoms with Crippen molar-refractivity contribution in [2.75, 3.05) is 6.54 Å². The maximum atomic E-state index is 14.3. The Hall–Kier alpha value is -4.39. The molecule has 4 aromatic rings. The van der Waals surface area contributed by atoms with E-state index in [0.29, 0.717) is 36.6 Å². The lowest BCUT2D eigenvalue weighted by Gasteiger charge is -2.41. The van der Waals surface area contributed by atoms with Gasteiger partial charge in [0.1, 0.15) is 23.9 Å². The highest BCUT2D eigenvalue weighted by atomic mass is 19.1. The van der Waals surface area contributed by atoms with Crippen molar-refractivity contribution in [1.82, 2.24) is 10.2 Å². The van der Waals surface area contributed by atoms with E-state index in [1.807, 2.05) is 80.3 Å². The Balaban J connectivity index is 1.33. The molecule has 1 N–H and O–H groups in total. The summed E-state index contributed by atoms with van der Waals surface area (Å²) in [5.41, 5.74) is 3.13.